The minimum absolute atomic E-state index is 0.285. The quantitative estimate of drug-likeness (QED) is 0.481. The first-order valence-corrected chi connectivity index (χ1v) is 8.80. The normalized spacial score (nSPS) is 12.8. The van der Waals surface area contributed by atoms with E-state index in [-0.39, 0.29) is 6.10 Å². The summed E-state index contributed by atoms with van der Waals surface area (Å²) in [5.41, 5.74) is 0. The zero-order valence-electron chi connectivity index (χ0n) is 12.3. The lowest BCUT2D eigenvalue weighted by molar-refractivity contribution is 0.0473. The number of aliphatic hydroxyl groups excluding tert-OH is 1. The summed E-state index contributed by atoms with van der Waals surface area (Å²) in [5, 5.41) is 9.68. The molecule has 3 heteroatoms. The van der Waals surface area contributed by atoms with Crippen LogP contribution in [-0.4, -0.2) is 35.9 Å². The summed E-state index contributed by atoms with van der Waals surface area (Å²) < 4.78 is 5.39. The number of thioether (sulfide) groups is 1. The van der Waals surface area contributed by atoms with Gasteiger partial charge in [0.2, 0.25) is 0 Å². The third-order valence-corrected chi connectivity index (χ3v) is 4.10. The Labute approximate surface area is 118 Å². The van der Waals surface area contributed by atoms with Crippen LogP contribution >= 0.6 is 11.8 Å². The molecule has 0 radical (unpaired) electrons. The van der Waals surface area contributed by atoms with Crippen LogP contribution in [0.3, 0.4) is 0 Å². The number of unbranched alkanes of at least 4 members (excludes halogenated alkanes) is 6. The molecular weight excluding hydrogens is 244 g/mol. The van der Waals surface area contributed by atoms with Gasteiger partial charge in [-0.05, 0) is 18.6 Å². The molecule has 0 saturated carbocycles. The van der Waals surface area contributed by atoms with Gasteiger partial charge in [0, 0.05) is 12.4 Å². The molecule has 0 heterocycles. The predicted molar refractivity (Wildman–Crippen MR) is 82.4 cm³/mol. The van der Waals surface area contributed by atoms with Crippen molar-refractivity contribution >= 4 is 11.8 Å². The van der Waals surface area contributed by atoms with Crippen molar-refractivity contribution in [2.45, 2.75) is 71.3 Å². The largest absolute Gasteiger partial charge is 0.390 e. The Morgan fingerprint density at radius 3 is 2.33 bits per heavy atom. The Kier molecular flexibility index (Phi) is 15.6. The van der Waals surface area contributed by atoms with E-state index in [2.05, 4.69) is 13.8 Å². The Hall–Kier alpha value is 0.270. The Morgan fingerprint density at radius 1 is 0.944 bits per heavy atom. The van der Waals surface area contributed by atoms with Crippen LogP contribution < -0.4 is 0 Å². The third-order valence-electron chi connectivity index (χ3n) is 2.90. The first kappa shape index (κ1) is 18.3. The lowest BCUT2D eigenvalue weighted by Crippen LogP contribution is -2.18. The van der Waals surface area contributed by atoms with E-state index >= 15 is 0 Å². The summed E-state index contributed by atoms with van der Waals surface area (Å²) in [5.74, 6) is 2.00. The van der Waals surface area contributed by atoms with Crippen LogP contribution in [0.15, 0.2) is 0 Å². The highest BCUT2D eigenvalue weighted by Gasteiger charge is 2.03. The minimum atomic E-state index is -0.285. The highest BCUT2D eigenvalue weighted by atomic mass is 32.2. The van der Waals surface area contributed by atoms with Gasteiger partial charge in [0.1, 0.15) is 0 Å². The molecule has 0 aliphatic heterocycles. The van der Waals surface area contributed by atoms with Gasteiger partial charge in [-0.1, -0.05) is 52.4 Å². The minimum Gasteiger partial charge on any atom is -0.390 e. The summed E-state index contributed by atoms with van der Waals surface area (Å²) in [6.07, 6.45) is 10.0. The van der Waals surface area contributed by atoms with Crippen molar-refractivity contribution < 1.29 is 9.84 Å². The Morgan fingerprint density at radius 2 is 1.61 bits per heavy atom. The lowest BCUT2D eigenvalue weighted by atomic mass is 10.1. The molecule has 18 heavy (non-hydrogen) atoms. The summed E-state index contributed by atoms with van der Waals surface area (Å²) >= 11 is 1.86. The monoisotopic (exact) mass is 276 g/mol. The van der Waals surface area contributed by atoms with Gasteiger partial charge >= 0.3 is 0 Å². The van der Waals surface area contributed by atoms with E-state index in [0.717, 1.165) is 25.2 Å². The summed E-state index contributed by atoms with van der Waals surface area (Å²) in [4.78, 5) is 0. The van der Waals surface area contributed by atoms with Crippen LogP contribution in [-0.2, 0) is 4.74 Å². The molecule has 0 aromatic carbocycles. The highest BCUT2D eigenvalue weighted by molar-refractivity contribution is 7.99. The molecule has 1 atom stereocenters. The van der Waals surface area contributed by atoms with E-state index in [1.807, 2.05) is 11.8 Å². The van der Waals surface area contributed by atoms with Gasteiger partial charge in [-0.3, -0.25) is 0 Å². The molecule has 0 fully saturated rings. The van der Waals surface area contributed by atoms with Gasteiger partial charge in [0.15, 0.2) is 0 Å². The fourth-order valence-corrected chi connectivity index (χ4v) is 2.66. The Balaban J connectivity index is 3.08. The average molecular weight is 276 g/mol. The van der Waals surface area contributed by atoms with Crippen molar-refractivity contribution in [3.63, 3.8) is 0 Å². The van der Waals surface area contributed by atoms with Crippen molar-refractivity contribution in [2.24, 2.45) is 0 Å². The third kappa shape index (κ3) is 14.3. The molecule has 1 N–H and O–H groups in total. The van der Waals surface area contributed by atoms with Crippen molar-refractivity contribution in [1.82, 2.24) is 0 Å². The van der Waals surface area contributed by atoms with Gasteiger partial charge in [0.25, 0.3) is 0 Å². The van der Waals surface area contributed by atoms with Gasteiger partial charge < -0.3 is 9.84 Å². The van der Waals surface area contributed by atoms with Crippen molar-refractivity contribution in [2.75, 3.05) is 24.7 Å². The van der Waals surface area contributed by atoms with E-state index in [0.29, 0.717) is 6.61 Å². The maximum absolute atomic E-state index is 9.68. The zero-order valence-corrected chi connectivity index (χ0v) is 13.1. The molecule has 0 amide bonds. The van der Waals surface area contributed by atoms with Crippen molar-refractivity contribution in [3.8, 4) is 0 Å². The van der Waals surface area contributed by atoms with E-state index in [9.17, 15) is 5.11 Å². The molecule has 0 spiro atoms. The summed E-state index contributed by atoms with van der Waals surface area (Å²) in [6, 6.07) is 0. The van der Waals surface area contributed by atoms with Crippen LogP contribution in [0.1, 0.15) is 65.2 Å². The van der Waals surface area contributed by atoms with Gasteiger partial charge in [-0.25, -0.2) is 0 Å². The van der Waals surface area contributed by atoms with E-state index in [1.165, 1.54) is 44.3 Å². The second-order valence-electron chi connectivity index (χ2n) is 4.92. The summed E-state index contributed by atoms with van der Waals surface area (Å²) in [6.45, 7) is 5.69. The lowest BCUT2D eigenvalue weighted by Gasteiger charge is -2.10. The molecule has 110 valence electrons. The SMILES string of the molecule is CCCCCCCCSCC(O)COCCCC. The number of hydrogen-bond donors (Lipinski definition) is 1. The van der Waals surface area contributed by atoms with Crippen LogP contribution in [0.25, 0.3) is 0 Å². The highest BCUT2D eigenvalue weighted by Crippen LogP contribution is 2.10. The first-order chi connectivity index (χ1) is 8.81. The molecule has 0 aliphatic rings. The van der Waals surface area contributed by atoms with Crippen LogP contribution in [0.5, 0.6) is 0 Å². The molecule has 0 aliphatic carbocycles. The average Bonchev–Trinajstić information content (AvgIpc) is 2.38. The van der Waals surface area contributed by atoms with Crippen LogP contribution in [0, 0.1) is 0 Å². The molecule has 0 aromatic rings. The molecule has 0 rings (SSSR count). The molecule has 0 saturated heterocycles. The summed E-state index contributed by atoms with van der Waals surface area (Å²) in [7, 11) is 0. The second-order valence-corrected chi connectivity index (χ2v) is 6.07. The van der Waals surface area contributed by atoms with Gasteiger partial charge in [-0.2, -0.15) is 11.8 Å². The van der Waals surface area contributed by atoms with Gasteiger partial charge in [-0.15, -0.1) is 0 Å². The van der Waals surface area contributed by atoms with Crippen LogP contribution in [0.4, 0.5) is 0 Å². The number of rotatable bonds is 14. The number of hydrogen-bond acceptors (Lipinski definition) is 3. The van der Waals surface area contributed by atoms with Crippen LogP contribution in [0.2, 0.25) is 0 Å². The maximum Gasteiger partial charge on any atom is 0.0863 e. The van der Waals surface area contributed by atoms with Crippen molar-refractivity contribution in [3.05, 3.63) is 0 Å². The molecule has 0 bridgehead atoms. The molecular formula is C15H32O2S. The first-order valence-electron chi connectivity index (χ1n) is 7.64. The van der Waals surface area contributed by atoms with E-state index in [1.54, 1.807) is 0 Å². The predicted octanol–water partition coefficient (Wildman–Crippen LogP) is 4.26. The smallest absolute Gasteiger partial charge is 0.0863 e. The fourth-order valence-electron chi connectivity index (χ4n) is 1.72. The number of aliphatic hydroxyl groups is 1. The van der Waals surface area contributed by atoms with E-state index < -0.39 is 0 Å². The van der Waals surface area contributed by atoms with Crippen molar-refractivity contribution in [1.29, 1.82) is 0 Å². The maximum atomic E-state index is 9.68. The standard InChI is InChI=1S/C15H32O2S/c1-3-5-7-8-9-10-12-18-14-15(16)13-17-11-6-4-2/h15-16H,3-14H2,1-2H3. The fraction of sp³-hybridized carbons (Fsp3) is 1.00. The van der Waals surface area contributed by atoms with Gasteiger partial charge in [0.05, 0.1) is 12.7 Å². The number of ether oxygens (including phenoxy) is 1. The second kappa shape index (κ2) is 15.3. The molecule has 0 aromatic heterocycles. The topological polar surface area (TPSA) is 29.5 Å². The molecule has 1 unspecified atom stereocenters. The zero-order chi connectivity index (χ0) is 13.5. The molecule has 2 nitrogen and oxygen atoms in total. The van der Waals surface area contributed by atoms with E-state index in [4.69, 9.17) is 4.74 Å². The Bertz CT molecular complexity index is 153.